The van der Waals surface area contributed by atoms with Crippen molar-refractivity contribution < 1.29 is 18.0 Å². The number of piperidine rings is 1. The van der Waals surface area contributed by atoms with Gasteiger partial charge in [0.05, 0.1) is 23.6 Å². The van der Waals surface area contributed by atoms with E-state index in [-0.39, 0.29) is 0 Å². The quantitative estimate of drug-likeness (QED) is 0.277. The monoisotopic (exact) mass is 553 g/mol. The number of nitrogen functional groups attached to an aromatic ring is 1. The van der Waals surface area contributed by atoms with Crippen LogP contribution in [0.15, 0.2) is 67.6 Å². The molecule has 0 spiro atoms. The van der Waals surface area contributed by atoms with Crippen molar-refractivity contribution in [3.8, 4) is 11.1 Å². The molecule has 2 aromatic carbocycles. The van der Waals surface area contributed by atoms with Crippen LogP contribution in [-0.2, 0) is 0 Å². The van der Waals surface area contributed by atoms with Gasteiger partial charge in [0, 0.05) is 49.0 Å². The lowest BCUT2D eigenvalue weighted by molar-refractivity contribution is -0.122. The summed E-state index contributed by atoms with van der Waals surface area (Å²) in [7, 11) is 0. The van der Waals surface area contributed by atoms with E-state index >= 15 is 0 Å². The Bertz CT molecular complexity index is 1340. The molecular formula is C29H34F3N7O. The zero-order chi connectivity index (χ0) is 28.3. The summed E-state index contributed by atoms with van der Waals surface area (Å²) in [5, 5.41) is 8.86. The molecule has 1 saturated carbocycles. The molecule has 1 aliphatic heterocycles. The summed E-state index contributed by atoms with van der Waals surface area (Å²) >= 11 is 0. The first-order chi connectivity index (χ1) is 19.2. The topological polar surface area (TPSA) is 91.5 Å². The second kappa shape index (κ2) is 11.6. The van der Waals surface area contributed by atoms with E-state index in [1.807, 2.05) is 24.4 Å². The van der Waals surface area contributed by atoms with E-state index in [1.165, 1.54) is 19.4 Å². The van der Waals surface area contributed by atoms with E-state index in [1.54, 1.807) is 40.7 Å². The number of anilines is 4. The first kappa shape index (κ1) is 27.6. The maximum atomic E-state index is 12.4. The SMILES string of the molecule is C=CN(c1cccc(NC(=O)NCC(F)(F)F)c1)c1ccc(-c2cnn(C3CCN(CC4CC4)CC3)c2)cc1N. The zero-order valence-corrected chi connectivity index (χ0v) is 22.2. The third kappa shape index (κ3) is 6.95. The number of rotatable bonds is 9. The smallest absolute Gasteiger partial charge is 0.397 e. The van der Waals surface area contributed by atoms with Gasteiger partial charge < -0.3 is 26.2 Å². The van der Waals surface area contributed by atoms with Gasteiger partial charge in [-0.3, -0.25) is 4.68 Å². The van der Waals surface area contributed by atoms with Crippen LogP contribution >= 0.6 is 0 Å². The second-order valence-corrected chi connectivity index (χ2v) is 10.5. The molecule has 0 unspecified atom stereocenters. The molecule has 1 aliphatic carbocycles. The van der Waals surface area contributed by atoms with Crippen molar-refractivity contribution in [1.82, 2.24) is 20.0 Å². The van der Waals surface area contributed by atoms with Gasteiger partial charge in [0.2, 0.25) is 0 Å². The predicted octanol–water partition coefficient (Wildman–Crippen LogP) is 6.14. The summed E-state index contributed by atoms with van der Waals surface area (Å²) in [5.41, 5.74) is 10.5. The molecule has 212 valence electrons. The van der Waals surface area contributed by atoms with Crippen molar-refractivity contribution in [3.05, 3.63) is 67.6 Å². The highest BCUT2D eigenvalue weighted by Crippen LogP contribution is 2.36. The fourth-order valence-corrected chi connectivity index (χ4v) is 5.10. The number of carbonyl (C=O) groups is 1. The van der Waals surface area contributed by atoms with E-state index in [9.17, 15) is 18.0 Å². The van der Waals surface area contributed by atoms with Crippen LogP contribution < -0.4 is 21.3 Å². The van der Waals surface area contributed by atoms with Gasteiger partial charge in [-0.25, -0.2) is 4.79 Å². The molecule has 2 amide bonds. The molecule has 5 rings (SSSR count). The van der Waals surface area contributed by atoms with Crippen molar-refractivity contribution >= 4 is 28.8 Å². The minimum Gasteiger partial charge on any atom is -0.397 e. The predicted molar refractivity (Wildman–Crippen MR) is 151 cm³/mol. The summed E-state index contributed by atoms with van der Waals surface area (Å²) in [6, 6.07) is 11.9. The third-order valence-corrected chi connectivity index (χ3v) is 7.38. The van der Waals surface area contributed by atoms with Crippen molar-refractivity contribution in [1.29, 1.82) is 0 Å². The highest BCUT2D eigenvalue weighted by Gasteiger charge is 2.28. The van der Waals surface area contributed by atoms with E-state index in [0.717, 1.165) is 43.0 Å². The highest BCUT2D eigenvalue weighted by molar-refractivity contribution is 5.90. The zero-order valence-electron chi connectivity index (χ0n) is 22.2. The first-order valence-electron chi connectivity index (χ1n) is 13.5. The van der Waals surface area contributed by atoms with Crippen molar-refractivity contribution in [2.75, 3.05) is 42.1 Å². The molecule has 2 heterocycles. The molecule has 0 atom stereocenters. The van der Waals surface area contributed by atoms with E-state index in [4.69, 9.17) is 5.73 Å². The van der Waals surface area contributed by atoms with Crippen LogP contribution in [0.4, 0.5) is 40.7 Å². The number of halogens is 3. The van der Waals surface area contributed by atoms with Crippen LogP contribution in [0.5, 0.6) is 0 Å². The standard InChI is InChI=1S/C29H34F3N7O/c1-2-38(25-5-3-4-23(15-25)36-28(40)34-19-29(30,31)32)27-9-8-21(14-26(27)33)22-16-35-39(18-22)24-10-12-37(13-11-24)17-20-6-7-20/h2-5,8-9,14-16,18,20,24H,1,6-7,10-13,17,19,33H2,(H2,34,36,40). The van der Waals surface area contributed by atoms with Crippen LogP contribution in [0, 0.1) is 5.92 Å². The summed E-state index contributed by atoms with van der Waals surface area (Å²) in [5.74, 6) is 0.914. The maximum Gasteiger partial charge on any atom is 0.405 e. The molecule has 0 radical (unpaired) electrons. The number of nitrogens with zero attached hydrogens (tertiary/aromatic N) is 4. The molecule has 11 heteroatoms. The number of alkyl halides is 3. The highest BCUT2D eigenvalue weighted by atomic mass is 19.4. The number of nitrogens with two attached hydrogens (primary N) is 1. The van der Waals surface area contributed by atoms with Crippen molar-refractivity contribution in [2.24, 2.45) is 5.92 Å². The van der Waals surface area contributed by atoms with Gasteiger partial charge in [0.1, 0.15) is 6.54 Å². The van der Waals surface area contributed by atoms with Crippen molar-refractivity contribution in [2.45, 2.75) is 37.9 Å². The Kier molecular flexibility index (Phi) is 8.02. The summed E-state index contributed by atoms with van der Waals surface area (Å²) < 4.78 is 39.2. The van der Waals surface area contributed by atoms with Gasteiger partial charge in [-0.1, -0.05) is 18.7 Å². The number of nitrogens with one attached hydrogen (secondary N) is 2. The largest absolute Gasteiger partial charge is 0.405 e. The van der Waals surface area contributed by atoms with Gasteiger partial charge in [-0.05, 0) is 67.5 Å². The van der Waals surface area contributed by atoms with Crippen LogP contribution in [0.3, 0.4) is 0 Å². The number of carbonyl (C=O) groups excluding carboxylic acids is 1. The normalized spacial score (nSPS) is 16.5. The lowest BCUT2D eigenvalue weighted by Gasteiger charge is -2.32. The third-order valence-electron chi connectivity index (χ3n) is 7.38. The lowest BCUT2D eigenvalue weighted by atomic mass is 10.0. The Morgan fingerprint density at radius 3 is 2.58 bits per heavy atom. The molecule has 0 bridgehead atoms. The molecule has 1 aromatic heterocycles. The van der Waals surface area contributed by atoms with Gasteiger partial charge in [-0.15, -0.1) is 0 Å². The van der Waals surface area contributed by atoms with Gasteiger partial charge in [-0.2, -0.15) is 18.3 Å². The van der Waals surface area contributed by atoms with Crippen LogP contribution in [-0.4, -0.2) is 53.1 Å². The van der Waals surface area contributed by atoms with Gasteiger partial charge in [0.25, 0.3) is 0 Å². The number of aromatic nitrogens is 2. The number of amides is 2. The number of hydrogen-bond donors (Lipinski definition) is 3. The minimum absolute atomic E-state index is 0.324. The Hall–Kier alpha value is -3.99. The molecule has 2 fully saturated rings. The number of urea groups is 1. The molecule has 2 aliphatic rings. The summed E-state index contributed by atoms with van der Waals surface area (Å²) in [6.45, 7) is 5.94. The Morgan fingerprint density at radius 2 is 1.90 bits per heavy atom. The first-order valence-corrected chi connectivity index (χ1v) is 13.5. The number of benzene rings is 2. The fraction of sp³-hybridized carbons (Fsp3) is 0.379. The number of likely N-dealkylation sites (tertiary alicyclic amines) is 1. The minimum atomic E-state index is -4.49. The average Bonchev–Trinajstić information content (AvgIpc) is 3.60. The fourth-order valence-electron chi connectivity index (χ4n) is 5.10. The molecule has 3 aromatic rings. The van der Waals surface area contributed by atoms with Crippen LogP contribution in [0.25, 0.3) is 11.1 Å². The lowest BCUT2D eigenvalue weighted by Crippen LogP contribution is -2.36. The average molecular weight is 554 g/mol. The van der Waals surface area contributed by atoms with Crippen LogP contribution in [0.1, 0.15) is 31.7 Å². The van der Waals surface area contributed by atoms with Crippen LogP contribution in [0.2, 0.25) is 0 Å². The molecule has 8 nitrogen and oxygen atoms in total. The van der Waals surface area contributed by atoms with E-state index < -0.39 is 18.8 Å². The van der Waals surface area contributed by atoms with Crippen molar-refractivity contribution in [3.63, 3.8) is 0 Å². The Morgan fingerprint density at radius 1 is 1.12 bits per heavy atom. The van der Waals surface area contributed by atoms with E-state index in [2.05, 4.69) is 32.8 Å². The molecule has 40 heavy (non-hydrogen) atoms. The van der Waals surface area contributed by atoms with Gasteiger partial charge >= 0.3 is 12.2 Å². The second-order valence-electron chi connectivity index (χ2n) is 10.5. The summed E-state index contributed by atoms with van der Waals surface area (Å²) in [4.78, 5) is 16.2. The molecule has 4 N–H and O–H groups in total. The molecule has 1 saturated heterocycles. The Labute approximate surface area is 231 Å². The number of hydrogen-bond acceptors (Lipinski definition) is 5. The maximum absolute atomic E-state index is 12.4. The molecular weight excluding hydrogens is 519 g/mol. The van der Waals surface area contributed by atoms with Gasteiger partial charge in [0.15, 0.2) is 0 Å². The Balaban J connectivity index is 1.25. The summed E-state index contributed by atoms with van der Waals surface area (Å²) in [6.07, 6.45) is 6.00. The van der Waals surface area contributed by atoms with E-state index in [0.29, 0.717) is 28.8 Å².